The highest BCUT2D eigenvalue weighted by molar-refractivity contribution is 5.97. The van der Waals surface area contributed by atoms with Crippen LogP contribution in [0, 0.1) is 18.7 Å². The normalized spacial score (nSPS) is 10.8. The second-order valence-electron chi connectivity index (χ2n) is 4.67. The number of aryl methyl sites for hydroxylation is 1. The topological polar surface area (TPSA) is 17.1 Å². The first-order chi connectivity index (χ1) is 7.50. The third-order valence-corrected chi connectivity index (χ3v) is 2.69. The van der Waals surface area contributed by atoms with Gasteiger partial charge in [0.15, 0.2) is 5.78 Å². The van der Waals surface area contributed by atoms with E-state index < -0.39 is 0 Å². The summed E-state index contributed by atoms with van der Waals surface area (Å²) in [7, 11) is 0. The molecule has 0 aliphatic heterocycles. The third kappa shape index (κ3) is 3.76. The third-order valence-electron chi connectivity index (χ3n) is 2.69. The Kier molecular flexibility index (Phi) is 4.66. The van der Waals surface area contributed by atoms with Crippen LogP contribution in [0.15, 0.2) is 18.2 Å². The van der Waals surface area contributed by atoms with Crippen molar-refractivity contribution in [1.29, 1.82) is 0 Å². The lowest BCUT2D eigenvalue weighted by molar-refractivity contribution is 0.0977. The van der Waals surface area contributed by atoms with Crippen LogP contribution in [0.3, 0.4) is 0 Å². The smallest absolute Gasteiger partial charge is 0.163 e. The zero-order chi connectivity index (χ0) is 12.1. The lowest BCUT2D eigenvalue weighted by Crippen LogP contribution is -2.03. The van der Waals surface area contributed by atoms with Gasteiger partial charge in [-0.2, -0.15) is 0 Å². The molecule has 0 heterocycles. The summed E-state index contributed by atoms with van der Waals surface area (Å²) in [5.74, 6) is 0.330. The fourth-order valence-corrected chi connectivity index (χ4v) is 1.70. The summed E-state index contributed by atoms with van der Waals surface area (Å²) in [4.78, 5) is 11.8. The number of halogens is 1. The Morgan fingerprint density at radius 3 is 2.69 bits per heavy atom. The maximum absolute atomic E-state index is 13.0. The minimum absolute atomic E-state index is 0.0534. The fourth-order valence-electron chi connectivity index (χ4n) is 1.70. The largest absolute Gasteiger partial charge is 0.294 e. The second-order valence-corrected chi connectivity index (χ2v) is 4.67. The Bertz CT molecular complexity index is 369. The predicted octanol–water partition coefficient (Wildman–Crippen LogP) is 4.14. The van der Waals surface area contributed by atoms with E-state index in [0.717, 1.165) is 18.4 Å². The Labute approximate surface area is 96.7 Å². The van der Waals surface area contributed by atoms with Crippen molar-refractivity contribution >= 4 is 5.78 Å². The molecule has 0 N–H and O–H groups in total. The summed E-state index contributed by atoms with van der Waals surface area (Å²) in [6.45, 7) is 6.12. The van der Waals surface area contributed by atoms with Gasteiger partial charge in [0.05, 0.1) is 0 Å². The van der Waals surface area contributed by atoms with E-state index >= 15 is 0 Å². The molecule has 0 bridgehead atoms. The minimum Gasteiger partial charge on any atom is -0.294 e. The van der Waals surface area contributed by atoms with Crippen LogP contribution in [0.5, 0.6) is 0 Å². The Morgan fingerprint density at radius 1 is 1.38 bits per heavy atom. The maximum atomic E-state index is 13.0. The number of hydrogen-bond donors (Lipinski definition) is 0. The average molecular weight is 222 g/mol. The van der Waals surface area contributed by atoms with Gasteiger partial charge >= 0.3 is 0 Å². The molecule has 88 valence electrons. The highest BCUT2D eigenvalue weighted by Crippen LogP contribution is 2.15. The lowest BCUT2D eigenvalue weighted by atomic mass is 9.98. The van der Waals surface area contributed by atoms with E-state index in [1.54, 1.807) is 6.07 Å². The predicted molar refractivity (Wildman–Crippen MR) is 64.2 cm³/mol. The first kappa shape index (κ1) is 12.9. The molecule has 0 fully saturated rings. The minimum atomic E-state index is -0.335. The summed E-state index contributed by atoms with van der Waals surface area (Å²) in [6.07, 6.45) is 2.44. The number of carbonyl (C=O) groups excluding carboxylic acids is 1. The first-order valence-electron chi connectivity index (χ1n) is 5.80. The van der Waals surface area contributed by atoms with Crippen molar-refractivity contribution in [3.8, 4) is 0 Å². The molecule has 0 atom stereocenters. The van der Waals surface area contributed by atoms with Gasteiger partial charge < -0.3 is 0 Å². The van der Waals surface area contributed by atoms with Crippen LogP contribution in [0.1, 0.15) is 49.0 Å². The van der Waals surface area contributed by atoms with Gasteiger partial charge in [-0.1, -0.05) is 26.3 Å². The SMILES string of the molecule is Cc1ccc(F)cc1C(=O)CCCC(C)C. The number of ketones is 1. The molecule has 0 unspecified atom stereocenters. The van der Waals surface area contributed by atoms with E-state index in [9.17, 15) is 9.18 Å². The van der Waals surface area contributed by atoms with Gasteiger partial charge in [0, 0.05) is 12.0 Å². The van der Waals surface area contributed by atoms with Crippen LogP contribution < -0.4 is 0 Å². The molecule has 2 heteroatoms. The summed E-state index contributed by atoms with van der Waals surface area (Å²) in [5, 5.41) is 0. The highest BCUT2D eigenvalue weighted by atomic mass is 19.1. The molecule has 0 aliphatic rings. The monoisotopic (exact) mass is 222 g/mol. The summed E-state index contributed by atoms with van der Waals surface area (Å²) in [6, 6.07) is 4.39. The molecule has 1 aromatic rings. The van der Waals surface area contributed by atoms with Gasteiger partial charge in [-0.15, -0.1) is 0 Å². The fraction of sp³-hybridized carbons (Fsp3) is 0.500. The molecule has 1 aromatic carbocycles. The van der Waals surface area contributed by atoms with E-state index in [0.29, 0.717) is 17.9 Å². The van der Waals surface area contributed by atoms with Crippen LogP contribution in [0.25, 0.3) is 0 Å². The Hall–Kier alpha value is -1.18. The van der Waals surface area contributed by atoms with Crippen molar-refractivity contribution in [2.45, 2.75) is 40.0 Å². The van der Waals surface area contributed by atoms with E-state index in [1.165, 1.54) is 12.1 Å². The van der Waals surface area contributed by atoms with Gasteiger partial charge in [0.2, 0.25) is 0 Å². The average Bonchev–Trinajstić information content (AvgIpc) is 2.21. The van der Waals surface area contributed by atoms with Crippen LogP contribution in [-0.2, 0) is 0 Å². The van der Waals surface area contributed by atoms with Crippen molar-refractivity contribution < 1.29 is 9.18 Å². The van der Waals surface area contributed by atoms with Crippen LogP contribution >= 0.6 is 0 Å². The maximum Gasteiger partial charge on any atom is 0.163 e. The van der Waals surface area contributed by atoms with Crippen molar-refractivity contribution in [1.82, 2.24) is 0 Å². The van der Waals surface area contributed by atoms with Crippen molar-refractivity contribution in [2.75, 3.05) is 0 Å². The zero-order valence-electron chi connectivity index (χ0n) is 10.2. The summed E-state index contributed by atoms with van der Waals surface area (Å²) >= 11 is 0. The van der Waals surface area contributed by atoms with Crippen molar-refractivity contribution in [3.63, 3.8) is 0 Å². The van der Waals surface area contributed by atoms with Crippen LogP contribution in [-0.4, -0.2) is 5.78 Å². The number of hydrogen-bond acceptors (Lipinski definition) is 1. The molecule has 16 heavy (non-hydrogen) atoms. The molecule has 0 aromatic heterocycles. The molecule has 0 saturated carbocycles. The molecule has 0 radical (unpaired) electrons. The summed E-state index contributed by atoms with van der Waals surface area (Å²) in [5.41, 5.74) is 1.39. The molecular formula is C14H19FO. The molecule has 0 aliphatic carbocycles. The molecule has 1 rings (SSSR count). The van der Waals surface area contributed by atoms with Gasteiger partial charge in [0.1, 0.15) is 5.82 Å². The molecular weight excluding hydrogens is 203 g/mol. The van der Waals surface area contributed by atoms with Crippen LogP contribution in [0.4, 0.5) is 4.39 Å². The number of Topliss-reactive ketones (excluding diaryl/α,β-unsaturated/α-hetero) is 1. The zero-order valence-corrected chi connectivity index (χ0v) is 10.2. The molecule has 0 amide bonds. The highest BCUT2D eigenvalue weighted by Gasteiger charge is 2.10. The van der Waals surface area contributed by atoms with Gasteiger partial charge in [-0.25, -0.2) is 4.39 Å². The Balaban J connectivity index is 2.62. The number of rotatable bonds is 5. The lowest BCUT2D eigenvalue weighted by Gasteiger charge is -2.06. The molecule has 0 spiro atoms. The van der Waals surface area contributed by atoms with E-state index in [4.69, 9.17) is 0 Å². The van der Waals surface area contributed by atoms with Crippen molar-refractivity contribution in [2.24, 2.45) is 5.92 Å². The molecule has 1 nitrogen and oxygen atoms in total. The summed E-state index contributed by atoms with van der Waals surface area (Å²) < 4.78 is 13.0. The molecule has 0 saturated heterocycles. The van der Waals surface area contributed by atoms with Gasteiger partial charge in [-0.3, -0.25) is 4.79 Å². The van der Waals surface area contributed by atoms with Gasteiger partial charge in [0.25, 0.3) is 0 Å². The first-order valence-corrected chi connectivity index (χ1v) is 5.80. The van der Waals surface area contributed by atoms with E-state index in [-0.39, 0.29) is 11.6 Å². The van der Waals surface area contributed by atoms with Crippen molar-refractivity contribution in [3.05, 3.63) is 35.1 Å². The van der Waals surface area contributed by atoms with E-state index in [1.807, 2.05) is 6.92 Å². The standard InChI is InChI=1S/C14H19FO/c1-10(2)5-4-6-14(16)13-9-12(15)8-7-11(13)3/h7-10H,4-6H2,1-3H3. The van der Waals surface area contributed by atoms with E-state index in [2.05, 4.69) is 13.8 Å². The number of carbonyl (C=O) groups is 1. The van der Waals surface area contributed by atoms with Crippen LogP contribution in [0.2, 0.25) is 0 Å². The Morgan fingerprint density at radius 2 is 2.06 bits per heavy atom. The number of benzene rings is 1. The quantitative estimate of drug-likeness (QED) is 0.684. The second kappa shape index (κ2) is 5.78. The van der Waals surface area contributed by atoms with Gasteiger partial charge in [-0.05, 0) is 37.0 Å².